The van der Waals surface area contributed by atoms with Crippen molar-refractivity contribution < 1.29 is 13.5 Å². The topological polar surface area (TPSA) is 35.2 Å². The van der Waals surface area contributed by atoms with Gasteiger partial charge >= 0.3 is 0 Å². The maximum absolute atomic E-state index is 13.2. The van der Waals surface area contributed by atoms with E-state index in [1.54, 1.807) is 0 Å². The quantitative estimate of drug-likeness (QED) is 0.810. The molecule has 2 aromatic rings. The van der Waals surface area contributed by atoms with Gasteiger partial charge in [0.15, 0.2) is 0 Å². The van der Waals surface area contributed by atoms with Crippen molar-refractivity contribution in [3.05, 3.63) is 65.2 Å². The molecule has 0 saturated carbocycles. The minimum Gasteiger partial charge on any atom is -0.494 e. The first-order chi connectivity index (χ1) is 10.1. The second-order valence-electron chi connectivity index (χ2n) is 4.95. The van der Waals surface area contributed by atoms with Gasteiger partial charge < -0.3 is 10.5 Å². The average Bonchev–Trinajstić information content (AvgIpc) is 2.46. The van der Waals surface area contributed by atoms with Crippen LogP contribution in [0.25, 0.3) is 0 Å². The van der Waals surface area contributed by atoms with Crippen molar-refractivity contribution in [2.75, 3.05) is 6.61 Å². The summed E-state index contributed by atoms with van der Waals surface area (Å²) in [6.45, 7) is 2.78. The average molecular weight is 291 g/mol. The van der Waals surface area contributed by atoms with Gasteiger partial charge in [0.2, 0.25) is 0 Å². The molecule has 0 fully saturated rings. The fraction of sp³-hybridized carbons (Fsp3) is 0.294. The molecule has 0 heterocycles. The predicted molar refractivity (Wildman–Crippen MR) is 79.2 cm³/mol. The molecule has 0 amide bonds. The molecule has 1 atom stereocenters. The van der Waals surface area contributed by atoms with Crippen LogP contribution < -0.4 is 10.5 Å². The van der Waals surface area contributed by atoms with E-state index in [0.29, 0.717) is 12.2 Å². The van der Waals surface area contributed by atoms with Gasteiger partial charge in [-0.2, -0.15) is 0 Å². The first-order valence-electron chi connectivity index (χ1n) is 7.04. The number of hydrogen-bond acceptors (Lipinski definition) is 2. The number of unbranched alkanes of at least 4 members (excludes halogenated alkanes) is 1. The number of rotatable bonds is 6. The van der Waals surface area contributed by atoms with E-state index in [1.165, 1.54) is 12.1 Å². The molecule has 2 aromatic carbocycles. The van der Waals surface area contributed by atoms with E-state index in [4.69, 9.17) is 10.5 Å². The SMILES string of the molecule is CCCCOc1ccc(C(N)c2cc(F)cc(F)c2)cc1. The summed E-state index contributed by atoms with van der Waals surface area (Å²) >= 11 is 0. The lowest BCUT2D eigenvalue weighted by Gasteiger charge is -2.14. The molecule has 1 unspecified atom stereocenters. The Morgan fingerprint density at radius 1 is 1.00 bits per heavy atom. The Morgan fingerprint density at radius 3 is 2.19 bits per heavy atom. The molecular formula is C17H19F2NO. The van der Waals surface area contributed by atoms with Crippen LogP contribution >= 0.6 is 0 Å². The highest BCUT2D eigenvalue weighted by Gasteiger charge is 2.11. The van der Waals surface area contributed by atoms with Crippen LogP contribution in [0.15, 0.2) is 42.5 Å². The summed E-state index contributed by atoms with van der Waals surface area (Å²) in [5, 5.41) is 0. The number of halogens is 2. The van der Waals surface area contributed by atoms with E-state index in [-0.39, 0.29) is 0 Å². The van der Waals surface area contributed by atoms with Crippen LogP contribution in [0.3, 0.4) is 0 Å². The molecule has 2 nitrogen and oxygen atoms in total. The Morgan fingerprint density at radius 2 is 1.62 bits per heavy atom. The van der Waals surface area contributed by atoms with Crippen molar-refractivity contribution in [3.8, 4) is 5.75 Å². The molecule has 4 heteroatoms. The summed E-state index contributed by atoms with van der Waals surface area (Å²) in [7, 11) is 0. The largest absolute Gasteiger partial charge is 0.494 e. The minimum atomic E-state index is -0.625. The second kappa shape index (κ2) is 7.18. The molecule has 0 aliphatic heterocycles. The van der Waals surface area contributed by atoms with Crippen molar-refractivity contribution in [3.63, 3.8) is 0 Å². The summed E-state index contributed by atoms with van der Waals surface area (Å²) < 4.78 is 32.0. The lowest BCUT2D eigenvalue weighted by molar-refractivity contribution is 0.309. The second-order valence-corrected chi connectivity index (χ2v) is 4.95. The zero-order valence-electron chi connectivity index (χ0n) is 12.0. The van der Waals surface area contributed by atoms with Gasteiger partial charge in [-0.25, -0.2) is 8.78 Å². The lowest BCUT2D eigenvalue weighted by atomic mass is 9.99. The van der Waals surface area contributed by atoms with E-state index in [1.807, 2.05) is 24.3 Å². The van der Waals surface area contributed by atoms with Gasteiger partial charge in [0.25, 0.3) is 0 Å². The third-order valence-electron chi connectivity index (χ3n) is 3.25. The Labute approximate surface area is 123 Å². The molecule has 0 bridgehead atoms. The molecule has 2 rings (SSSR count). The predicted octanol–water partition coefficient (Wildman–Crippen LogP) is 4.19. The number of ether oxygens (including phenoxy) is 1. The van der Waals surface area contributed by atoms with E-state index < -0.39 is 17.7 Å². The molecule has 0 spiro atoms. The number of hydrogen-bond donors (Lipinski definition) is 1. The van der Waals surface area contributed by atoms with Crippen LogP contribution in [-0.2, 0) is 0 Å². The Kier molecular flexibility index (Phi) is 5.28. The van der Waals surface area contributed by atoms with Gasteiger partial charge in [0.05, 0.1) is 12.6 Å². The zero-order chi connectivity index (χ0) is 15.2. The van der Waals surface area contributed by atoms with Crippen molar-refractivity contribution in [1.29, 1.82) is 0 Å². The summed E-state index contributed by atoms with van der Waals surface area (Å²) in [5.41, 5.74) is 7.24. The first kappa shape index (κ1) is 15.4. The molecule has 21 heavy (non-hydrogen) atoms. The Balaban J connectivity index is 2.10. The van der Waals surface area contributed by atoms with Gasteiger partial charge in [-0.1, -0.05) is 25.5 Å². The molecular weight excluding hydrogens is 272 g/mol. The molecule has 2 N–H and O–H groups in total. The van der Waals surface area contributed by atoms with Gasteiger partial charge in [0, 0.05) is 6.07 Å². The summed E-state index contributed by atoms with van der Waals surface area (Å²) in [5.74, 6) is -0.482. The monoisotopic (exact) mass is 291 g/mol. The molecule has 0 aliphatic carbocycles. The Hall–Kier alpha value is -1.94. The summed E-state index contributed by atoms with van der Waals surface area (Å²) in [6, 6.07) is 10.0. The van der Waals surface area contributed by atoms with Gasteiger partial charge in [0.1, 0.15) is 17.4 Å². The summed E-state index contributed by atoms with van der Waals surface area (Å²) in [4.78, 5) is 0. The minimum absolute atomic E-state index is 0.409. The van der Waals surface area contributed by atoms with Gasteiger partial charge in [-0.15, -0.1) is 0 Å². The highest BCUT2D eigenvalue weighted by molar-refractivity contribution is 5.35. The van der Waals surface area contributed by atoms with Crippen LogP contribution in [0, 0.1) is 11.6 Å². The highest BCUT2D eigenvalue weighted by atomic mass is 19.1. The van der Waals surface area contributed by atoms with Crippen molar-refractivity contribution in [2.24, 2.45) is 5.73 Å². The van der Waals surface area contributed by atoms with E-state index in [2.05, 4.69) is 6.92 Å². The molecule has 0 saturated heterocycles. The van der Waals surface area contributed by atoms with Crippen LogP contribution in [0.5, 0.6) is 5.75 Å². The molecule has 0 aromatic heterocycles. The van der Waals surface area contributed by atoms with Gasteiger partial charge in [-0.05, 0) is 41.8 Å². The van der Waals surface area contributed by atoms with Crippen LogP contribution in [0.1, 0.15) is 36.9 Å². The van der Waals surface area contributed by atoms with Crippen LogP contribution in [-0.4, -0.2) is 6.61 Å². The third kappa shape index (κ3) is 4.26. The fourth-order valence-corrected chi connectivity index (χ4v) is 2.05. The van der Waals surface area contributed by atoms with Crippen molar-refractivity contribution in [1.82, 2.24) is 0 Å². The maximum atomic E-state index is 13.2. The fourth-order valence-electron chi connectivity index (χ4n) is 2.05. The first-order valence-corrected chi connectivity index (χ1v) is 7.04. The standard InChI is InChI=1S/C17H19F2NO/c1-2-3-8-21-16-6-4-12(5-7-16)17(20)13-9-14(18)11-15(19)10-13/h4-7,9-11,17H,2-3,8,20H2,1H3. The summed E-state index contributed by atoms with van der Waals surface area (Å²) in [6.07, 6.45) is 2.08. The van der Waals surface area contributed by atoms with E-state index in [9.17, 15) is 8.78 Å². The third-order valence-corrected chi connectivity index (χ3v) is 3.25. The number of benzene rings is 2. The Bertz CT molecular complexity index is 564. The van der Waals surface area contributed by atoms with Crippen molar-refractivity contribution >= 4 is 0 Å². The lowest BCUT2D eigenvalue weighted by Crippen LogP contribution is -2.12. The molecule has 0 radical (unpaired) electrons. The van der Waals surface area contributed by atoms with Gasteiger partial charge in [-0.3, -0.25) is 0 Å². The smallest absolute Gasteiger partial charge is 0.126 e. The normalized spacial score (nSPS) is 12.2. The molecule has 0 aliphatic rings. The zero-order valence-corrected chi connectivity index (χ0v) is 12.0. The van der Waals surface area contributed by atoms with Crippen LogP contribution in [0.4, 0.5) is 8.78 Å². The van der Waals surface area contributed by atoms with Crippen molar-refractivity contribution in [2.45, 2.75) is 25.8 Å². The number of nitrogens with two attached hydrogens (primary N) is 1. The molecule has 112 valence electrons. The van der Waals surface area contributed by atoms with E-state index >= 15 is 0 Å². The van der Waals surface area contributed by atoms with Crippen LogP contribution in [0.2, 0.25) is 0 Å². The maximum Gasteiger partial charge on any atom is 0.126 e. The van der Waals surface area contributed by atoms with E-state index in [0.717, 1.165) is 30.2 Å². The highest BCUT2D eigenvalue weighted by Crippen LogP contribution is 2.23.